The van der Waals surface area contributed by atoms with E-state index in [-0.39, 0.29) is 0 Å². The topological polar surface area (TPSA) is 67.1 Å². The average Bonchev–Trinajstić information content (AvgIpc) is 3.80. The van der Waals surface area contributed by atoms with Gasteiger partial charge in [0, 0.05) is 35.7 Å². The van der Waals surface area contributed by atoms with Crippen molar-refractivity contribution in [1.82, 2.24) is 14.9 Å². The lowest BCUT2D eigenvalue weighted by molar-refractivity contribution is -0.137. The van der Waals surface area contributed by atoms with E-state index in [0.29, 0.717) is 52.9 Å². The van der Waals surface area contributed by atoms with Crippen LogP contribution in [0.2, 0.25) is 0 Å². The summed E-state index contributed by atoms with van der Waals surface area (Å²) in [7, 11) is 0. The molecule has 1 aliphatic carbocycles. The summed E-state index contributed by atoms with van der Waals surface area (Å²) in [5.41, 5.74) is 6.00. The highest BCUT2D eigenvalue weighted by atomic mass is 19.4. The summed E-state index contributed by atoms with van der Waals surface area (Å²) in [4.78, 5) is 11.7. The van der Waals surface area contributed by atoms with E-state index >= 15 is 0 Å². The number of alkyl halides is 6. The van der Waals surface area contributed by atoms with Crippen LogP contribution in [0.5, 0.6) is 0 Å². The van der Waals surface area contributed by atoms with Crippen LogP contribution in [-0.2, 0) is 25.7 Å². The third-order valence-electron chi connectivity index (χ3n) is 7.09. The number of nitrogens with one attached hydrogen (secondary N) is 1. The zero-order valence-corrected chi connectivity index (χ0v) is 23.0. The molecule has 0 radical (unpaired) electrons. The molecule has 1 fully saturated rings. The highest BCUT2D eigenvalue weighted by Gasteiger charge is 2.33. The number of benzene rings is 3. The van der Waals surface area contributed by atoms with E-state index in [4.69, 9.17) is 15.7 Å². The number of anilines is 2. The Hall–Kier alpha value is -4.38. The van der Waals surface area contributed by atoms with Gasteiger partial charge in [0.25, 0.3) is 0 Å². The molecule has 5 nitrogen and oxygen atoms in total. The lowest BCUT2D eigenvalue weighted by atomic mass is 10.0. The summed E-state index contributed by atoms with van der Waals surface area (Å²) < 4.78 is 80.3. The largest absolute Gasteiger partial charge is 0.416 e. The van der Waals surface area contributed by atoms with Gasteiger partial charge >= 0.3 is 12.4 Å². The van der Waals surface area contributed by atoms with E-state index in [9.17, 15) is 26.3 Å². The van der Waals surface area contributed by atoms with Crippen molar-refractivity contribution in [3.05, 3.63) is 119 Å². The van der Waals surface area contributed by atoms with Crippen LogP contribution in [-0.4, -0.2) is 27.1 Å². The van der Waals surface area contributed by atoms with Gasteiger partial charge in [-0.05, 0) is 72.6 Å². The monoisotopic (exact) mass is 597 g/mol. The van der Waals surface area contributed by atoms with Gasteiger partial charge in [-0.1, -0.05) is 42.5 Å². The first-order valence-corrected chi connectivity index (χ1v) is 13.7. The number of allylic oxidation sites excluding steroid dienone is 3. The highest BCUT2D eigenvalue weighted by Crippen LogP contribution is 2.34. The summed E-state index contributed by atoms with van der Waals surface area (Å²) in [5, 5.41) is 3.62. The van der Waals surface area contributed by atoms with E-state index in [1.165, 1.54) is 12.1 Å². The number of hydrogen-bond donors (Lipinski definition) is 2. The van der Waals surface area contributed by atoms with Crippen molar-refractivity contribution in [2.45, 2.75) is 50.7 Å². The van der Waals surface area contributed by atoms with Gasteiger partial charge in [-0.2, -0.15) is 26.3 Å². The second-order valence-electron chi connectivity index (χ2n) is 10.4. The number of fused-ring (bicyclic) bond motifs is 1. The summed E-state index contributed by atoms with van der Waals surface area (Å²) in [5.74, 6) is 0.791. The first-order valence-electron chi connectivity index (χ1n) is 13.7. The van der Waals surface area contributed by atoms with Crippen molar-refractivity contribution in [1.29, 1.82) is 0 Å². The molecule has 1 aromatic heterocycles. The van der Waals surface area contributed by atoms with E-state index in [1.54, 1.807) is 18.2 Å². The minimum absolute atomic E-state index is 0.347. The maximum absolute atomic E-state index is 13.7. The Balaban J connectivity index is 1.51. The molecule has 3 N–H and O–H groups in total. The Morgan fingerprint density at radius 1 is 0.884 bits per heavy atom. The van der Waals surface area contributed by atoms with Crippen molar-refractivity contribution >= 4 is 22.4 Å². The van der Waals surface area contributed by atoms with E-state index in [2.05, 4.69) is 10.2 Å². The second-order valence-corrected chi connectivity index (χ2v) is 10.4. The molecule has 11 heteroatoms. The maximum atomic E-state index is 13.7. The molecule has 0 unspecified atom stereocenters. The molecule has 0 saturated heterocycles. The van der Waals surface area contributed by atoms with Gasteiger partial charge in [0.2, 0.25) is 0 Å². The molecule has 0 bridgehead atoms. The molecule has 1 heterocycles. The summed E-state index contributed by atoms with van der Waals surface area (Å²) in [6.07, 6.45) is -4.25. The lowest BCUT2D eigenvalue weighted by Crippen LogP contribution is -2.26. The van der Waals surface area contributed by atoms with Gasteiger partial charge in [0.05, 0.1) is 17.6 Å². The first kappa shape index (κ1) is 30.1. The predicted octanol–water partition coefficient (Wildman–Crippen LogP) is 8.06. The van der Waals surface area contributed by atoms with Gasteiger partial charge < -0.3 is 11.1 Å². The number of halogens is 6. The molecule has 0 amide bonds. The standard InChI is InChI=1S/C32H29F6N5/c33-31(34,35)23-9-11-25(12-10-23)40-30-27-15-8-22(17-24(7-4-16-39)32(36,37)38)18-28(27)41-29(42-30)20-43(26-13-14-26)19-21-5-2-1-3-6-21/h1-12,15-16,18,26H,13-14,17,19-20,39H2,(H,40,41,42)/b16-4-,24-7+. The molecule has 43 heavy (non-hydrogen) atoms. The van der Waals surface area contributed by atoms with E-state index < -0.39 is 29.9 Å². The van der Waals surface area contributed by atoms with Crippen LogP contribution in [0.1, 0.15) is 35.4 Å². The first-order chi connectivity index (χ1) is 20.5. The zero-order chi connectivity index (χ0) is 30.6. The number of rotatable bonds is 10. The molecule has 4 aromatic rings. The molecule has 1 saturated carbocycles. The second kappa shape index (κ2) is 12.5. The van der Waals surface area contributed by atoms with Crippen LogP contribution < -0.4 is 11.1 Å². The van der Waals surface area contributed by atoms with Crippen LogP contribution >= 0.6 is 0 Å². The number of hydrogen-bond acceptors (Lipinski definition) is 5. The van der Waals surface area contributed by atoms with Gasteiger partial charge in [0.15, 0.2) is 0 Å². The fraction of sp³-hybridized carbons (Fsp3) is 0.250. The normalized spacial score (nSPS) is 14.6. The summed E-state index contributed by atoms with van der Waals surface area (Å²) in [6.45, 7) is 1.05. The third-order valence-corrected chi connectivity index (χ3v) is 7.09. The molecular formula is C32H29F6N5. The molecule has 0 atom stereocenters. The van der Waals surface area contributed by atoms with Gasteiger partial charge in [-0.25, -0.2) is 9.97 Å². The van der Waals surface area contributed by atoms with Gasteiger partial charge in [-0.15, -0.1) is 0 Å². The van der Waals surface area contributed by atoms with Crippen LogP contribution in [0.15, 0.2) is 96.7 Å². The molecule has 5 rings (SSSR count). The molecular weight excluding hydrogens is 568 g/mol. The Morgan fingerprint density at radius 2 is 1.60 bits per heavy atom. The van der Waals surface area contributed by atoms with Crippen LogP contribution in [0, 0.1) is 0 Å². The molecule has 3 aromatic carbocycles. The van der Waals surface area contributed by atoms with Crippen LogP contribution in [0.25, 0.3) is 10.9 Å². The van der Waals surface area contributed by atoms with Crippen LogP contribution in [0.4, 0.5) is 37.8 Å². The molecule has 0 aliphatic heterocycles. The minimum Gasteiger partial charge on any atom is -0.405 e. The molecule has 1 aliphatic rings. The SMILES string of the molecule is N/C=C\C=C(/Cc1ccc2c(Nc3ccc(C(F)(F)F)cc3)nc(CN(Cc3ccccc3)C3CC3)nc2c1)C(F)(F)F. The predicted molar refractivity (Wildman–Crippen MR) is 154 cm³/mol. The maximum Gasteiger partial charge on any atom is 0.416 e. The Morgan fingerprint density at radius 3 is 2.23 bits per heavy atom. The third kappa shape index (κ3) is 7.92. The average molecular weight is 598 g/mol. The zero-order valence-electron chi connectivity index (χ0n) is 23.0. The quantitative estimate of drug-likeness (QED) is 0.143. The Bertz CT molecular complexity index is 1610. The van der Waals surface area contributed by atoms with E-state index in [0.717, 1.165) is 48.9 Å². The van der Waals surface area contributed by atoms with Crippen molar-refractivity contribution in [2.24, 2.45) is 5.73 Å². The highest BCUT2D eigenvalue weighted by molar-refractivity contribution is 5.91. The van der Waals surface area contributed by atoms with E-state index in [1.807, 2.05) is 30.3 Å². The Labute approximate surface area is 244 Å². The van der Waals surface area contributed by atoms with Crippen molar-refractivity contribution in [3.63, 3.8) is 0 Å². The van der Waals surface area contributed by atoms with Crippen molar-refractivity contribution in [3.8, 4) is 0 Å². The molecule has 0 spiro atoms. The fourth-order valence-corrected chi connectivity index (χ4v) is 4.78. The fourth-order valence-electron chi connectivity index (χ4n) is 4.78. The lowest BCUT2D eigenvalue weighted by Gasteiger charge is -2.22. The number of nitrogens with zero attached hydrogens (tertiary/aromatic N) is 3. The van der Waals surface area contributed by atoms with Gasteiger partial charge in [0.1, 0.15) is 11.6 Å². The summed E-state index contributed by atoms with van der Waals surface area (Å²) >= 11 is 0. The van der Waals surface area contributed by atoms with Crippen molar-refractivity contribution < 1.29 is 26.3 Å². The minimum atomic E-state index is -4.55. The van der Waals surface area contributed by atoms with Gasteiger partial charge in [-0.3, -0.25) is 4.90 Å². The Kier molecular flexibility index (Phi) is 8.72. The molecule has 224 valence electrons. The van der Waals surface area contributed by atoms with Crippen molar-refractivity contribution in [2.75, 3.05) is 5.32 Å². The number of aromatic nitrogens is 2. The smallest absolute Gasteiger partial charge is 0.405 e. The summed E-state index contributed by atoms with van der Waals surface area (Å²) in [6, 6.07) is 19.6. The van der Waals surface area contributed by atoms with Crippen LogP contribution in [0.3, 0.4) is 0 Å². The number of nitrogens with two attached hydrogens (primary N) is 1.